The predicted molar refractivity (Wildman–Crippen MR) is 145 cm³/mol. The molecule has 0 atom stereocenters. The Morgan fingerprint density at radius 1 is 1.26 bits per heavy atom. The summed E-state index contributed by atoms with van der Waals surface area (Å²) in [6.45, 7) is 0.325. The first-order valence-corrected chi connectivity index (χ1v) is 13.1. The molecular formula is C25H21ClIN3O3S. The van der Waals surface area contributed by atoms with E-state index in [2.05, 4.69) is 32.7 Å². The first-order valence-electron chi connectivity index (χ1n) is 10.8. The van der Waals surface area contributed by atoms with Gasteiger partial charge in [-0.1, -0.05) is 29.8 Å². The van der Waals surface area contributed by atoms with Crippen molar-refractivity contribution in [3.8, 4) is 11.5 Å². The Morgan fingerprint density at radius 3 is 2.91 bits per heavy atom. The SMILES string of the molecule is COc1cc(/C=N\n2cnc3sc4c(c3c2=O)CCCC4)cc(I)c1OCc1ccccc1Cl. The van der Waals surface area contributed by atoms with Crippen LogP contribution in [0.15, 0.2) is 52.6 Å². The molecule has 6 nitrogen and oxygen atoms in total. The van der Waals surface area contributed by atoms with Crippen molar-refractivity contribution < 1.29 is 9.47 Å². The number of hydrogen-bond donors (Lipinski definition) is 0. The molecule has 0 fully saturated rings. The zero-order valence-corrected chi connectivity index (χ0v) is 22.1. The van der Waals surface area contributed by atoms with Gasteiger partial charge in [0.1, 0.15) is 17.8 Å². The predicted octanol–water partition coefficient (Wildman–Crippen LogP) is 6.06. The minimum atomic E-state index is -0.123. The Labute approximate surface area is 219 Å². The smallest absolute Gasteiger partial charge is 0.282 e. The van der Waals surface area contributed by atoms with E-state index < -0.39 is 0 Å². The molecule has 5 rings (SSSR count). The topological polar surface area (TPSA) is 65.7 Å². The molecule has 2 heterocycles. The molecule has 174 valence electrons. The number of nitrogens with zero attached hydrogens (tertiary/aromatic N) is 3. The van der Waals surface area contributed by atoms with Crippen molar-refractivity contribution in [2.75, 3.05) is 7.11 Å². The van der Waals surface area contributed by atoms with E-state index in [1.807, 2.05) is 36.4 Å². The van der Waals surface area contributed by atoms with Crippen molar-refractivity contribution in [1.29, 1.82) is 0 Å². The second-order valence-corrected chi connectivity index (χ2v) is 10.6. The maximum absolute atomic E-state index is 13.1. The van der Waals surface area contributed by atoms with Crippen molar-refractivity contribution in [3.63, 3.8) is 0 Å². The molecule has 4 aromatic rings. The fourth-order valence-corrected chi connectivity index (χ4v) is 6.26. The van der Waals surface area contributed by atoms with Crippen LogP contribution in [0.2, 0.25) is 5.02 Å². The number of aromatic nitrogens is 2. The van der Waals surface area contributed by atoms with Crippen LogP contribution in [0.1, 0.15) is 34.4 Å². The van der Waals surface area contributed by atoms with Gasteiger partial charge in [-0.25, -0.2) is 4.98 Å². The Morgan fingerprint density at radius 2 is 2.09 bits per heavy atom. The Kier molecular flexibility index (Phi) is 6.89. The van der Waals surface area contributed by atoms with E-state index in [0.29, 0.717) is 23.1 Å². The van der Waals surface area contributed by atoms with Gasteiger partial charge in [0.05, 0.1) is 22.3 Å². The molecule has 0 amide bonds. The van der Waals surface area contributed by atoms with Crippen LogP contribution < -0.4 is 15.0 Å². The number of thiophene rings is 1. The molecule has 34 heavy (non-hydrogen) atoms. The molecule has 0 saturated carbocycles. The molecule has 1 aliphatic carbocycles. The molecule has 2 aromatic carbocycles. The van der Waals surface area contributed by atoms with Crippen molar-refractivity contribution in [3.05, 3.63) is 83.2 Å². The summed E-state index contributed by atoms with van der Waals surface area (Å²) in [4.78, 5) is 19.7. The summed E-state index contributed by atoms with van der Waals surface area (Å²) in [5, 5.41) is 5.78. The van der Waals surface area contributed by atoms with Gasteiger partial charge in [0.15, 0.2) is 11.5 Å². The molecule has 0 spiro atoms. The van der Waals surface area contributed by atoms with Gasteiger partial charge < -0.3 is 9.47 Å². The first kappa shape index (κ1) is 23.3. The van der Waals surface area contributed by atoms with Crippen molar-refractivity contribution in [2.24, 2.45) is 5.10 Å². The van der Waals surface area contributed by atoms with Crippen LogP contribution in [-0.4, -0.2) is 23.0 Å². The number of benzene rings is 2. The van der Waals surface area contributed by atoms with E-state index in [4.69, 9.17) is 21.1 Å². The second-order valence-electron chi connectivity index (χ2n) is 7.94. The monoisotopic (exact) mass is 605 g/mol. The summed E-state index contributed by atoms with van der Waals surface area (Å²) < 4.78 is 13.8. The average Bonchev–Trinajstić information content (AvgIpc) is 3.23. The van der Waals surface area contributed by atoms with E-state index in [0.717, 1.165) is 49.7 Å². The molecule has 2 aromatic heterocycles. The van der Waals surface area contributed by atoms with Gasteiger partial charge in [0.25, 0.3) is 5.56 Å². The van der Waals surface area contributed by atoms with Crippen LogP contribution >= 0.6 is 45.5 Å². The van der Waals surface area contributed by atoms with Gasteiger partial charge in [-0.15, -0.1) is 11.3 Å². The Balaban J connectivity index is 1.42. The molecule has 0 bridgehead atoms. The standard InChI is InChI=1S/C25H21ClIN3O3S/c1-32-20-11-15(10-19(27)23(20)33-13-16-6-2-4-8-18(16)26)12-29-30-14-28-24-22(25(30)31)17-7-3-5-9-21(17)34-24/h2,4,6,8,10-12,14H,3,5,7,9,13H2,1H3/b29-12-. The van der Waals surface area contributed by atoms with Crippen LogP contribution in [0.4, 0.5) is 0 Å². The fourth-order valence-electron chi connectivity index (χ4n) is 4.07. The summed E-state index contributed by atoms with van der Waals surface area (Å²) in [7, 11) is 1.59. The molecule has 0 unspecified atom stereocenters. The summed E-state index contributed by atoms with van der Waals surface area (Å²) >= 11 is 10.1. The lowest BCUT2D eigenvalue weighted by atomic mass is 9.97. The molecule has 0 saturated heterocycles. The summed E-state index contributed by atoms with van der Waals surface area (Å²) in [5.74, 6) is 1.21. The Bertz CT molecular complexity index is 1460. The average molecular weight is 606 g/mol. The highest BCUT2D eigenvalue weighted by Crippen LogP contribution is 2.35. The molecule has 1 aliphatic rings. The van der Waals surface area contributed by atoms with Gasteiger partial charge in [-0.3, -0.25) is 4.79 Å². The van der Waals surface area contributed by atoms with Gasteiger partial charge in [-0.05, 0) is 77.6 Å². The van der Waals surface area contributed by atoms with Crippen molar-refractivity contribution >= 4 is 62.0 Å². The summed E-state index contributed by atoms with van der Waals surface area (Å²) in [5.41, 5.74) is 2.71. The molecule has 0 aliphatic heterocycles. The third-order valence-electron chi connectivity index (χ3n) is 5.77. The number of halogens is 2. The van der Waals surface area contributed by atoms with Crippen LogP contribution in [0.5, 0.6) is 11.5 Å². The van der Waals surface area contributed by atoms with Gasteiger partial charge in [-0.2, -0.15) is 9.78 Å². The van der Waals surface area contributed by atoms with Crippen LogP contribution in [0, 0.1) is 3.57 Å². The molecule has 9 heteroatoms. The fraction of sp³-hybridized carbons (Fsp3) is 0.240. The maximum Gasteiger partial charge on any atom is 0.282 e. The van der Waals surface area contributed by atoms with Gasteiger partial charge >= 0.3 is 0 Å². The molecule has 0 N–H and O–H groups in total. The van der Waals surface area contributed by atoms with Crippen LogP contribution in [0.3, 0.4) is 0 Å². The van der Waals surface area contributed by atoms with E-state index in [9.17, 15) is 4.79 Å². The Hall–Kier alpha value is -2.43. The highest BCUT2D eigenvalue weighted by Gasteiger charge is 2.20. The minimum Gasteiger partial charge on any atom is -0.493 e. The van der Waals surface area contributed by atoms with E-state index >= 15 is 0 Å². The van der Waals surface area contributed by atoms with E-state index in [1.165, 1.54) is 22.3 Å². The lowest BCUT2D eigenvalue weighted by Crippen LogP contribution is -2.18. The second kappa shape index (κ2) is 10.1. The lowest BCUT2D eigenvalue weighted by Gasteiger charge is -2.14. The molecule has 0 radical (unpaired) electrons. The van der Waals surface area contributed by atoms with Crippen molar-refractivity contribution in [1.82, 2.24) is 9.66 Å². The minimum absolute atomic E-state index is 0.123. The van der Waals surface area contributed by atoms with E-state index in [-0.39, 0.29) is 5.56 Å². The number of fused-ring (bicyclic) bond motifs is 3. The van der Waals surface area contributed by atoms with Crippen LogP contribution in [-0.2, 0) is 19.4 Å². The van der Waals surface area contributed by atoms with Crippen molar-refractivity contribution in [2.45, 2.75) is 32.3 Å². The maximum atomic E-state index is 13.1. The number of aryl methyl sites for hydroxylation is 2. The summed E-state index contributed by atoms with van der Waals surface area (Å²) in [6, 6.07) is 11.3. The summed E-state index contributed by atoms with van der Waals surface area (Å²) in [6.07, 6.45) is 7.38. The third-order valence-corrected chi connectivity index (χ3v) is 8.14. The number of hydrogen-bond acceptors (Lipinski definition) is 6. The lowest BCUT2D eigenvalue weighted by molar-refractivity contribution is 0.282. The quantitative estimate of drug-likeness (QED) is 0.198. The number of ether oxygens (including phenoxy) is 2. The third kappa shape index (κ3) is 4.58. The highest BCUT2D eigenvalue weighted by molar-refractivity contribution is 14.1. The van der Waals surface area contributed by atoms with E-state index in [1.54, 1.807) is 24.7 Å². The largest absolute Gasteiger partial charge is 0.493 e. The molecular weight excluding hydrogens is 585 g/mol. The number of methoxy groups -OCH3 is 1. The first-order chi connectivity index (χ1) is 16.5. The number of rotatable bonds is 6. The normalized spacial score (nSPS) is 13.4. The highest BCUT2D eigenvalue weighted by atomic mass is 127. The van der Waals surface area contributed by atoms with Gasteiger partial charge in [0.2, 0.25) is 0 Å². The van der Waals surface area contributed by atoms with Crippen LogP contribution in [0.25, 0.3) is 10.2 Å². The van der Waals surface area contributed by atoms with Gasteiger partial charge in [0, 0.05) is 15.5 Å². The zero-order chi connectivity index (χ0) is 23.7. The zero-order valence-electron chi connectivity index (χ0n) is 18.4.